The standard InChI is InChI=1S/C20H19F3N2O2/c1-12-2-4-13(5-3-12)20(27)25-10-8-14(9-11-25)24-19(26)15-6-7-16(21)18(23)17(15)22/h2-7,14H,8-11H2,1H3,(H,24,26). The summed E-state index contributed by atoms with van der Waals surface area (Å²) in [5, 5.41) is 2.62. The molecule has 27 heavy (non-hydrogen) atoms. The highest BCUT2D eigenvalue weighted by molar-refractivity contribution is 5.95. The van der Waals surface area contributed by atoms with Gasteiger partial charge in [0.2, 0.25) is 0 Å². The molecule has 7 heteroatoms. The highest BCUT2D eigenvalue weighted by Gasteiger charge is 2.26. The lowest BCUT2D eigenvalue weighted by Gasteiger charge is -2.32. The van der Waals surface area contributed by atoms with Crippen LogP contribution in [0.1, 0.15) is 39.1 Å². The van der Waals surface area contributed by atoms with Crippen LogP contribution in [-0.2, 0) is 0 Å². The molecular formula is C20H19F3N2O2. The van der Waals surface area contributed by atoms with Crippen LogP contribution in [0.2, 0.25) is 0 Å². The molecule has 1 fully saturated rings. The van der Waals surface area contributed by atoms with Crippen molar-refractivity contribution in [2.45, 2.75) is 25.8 Å². The fourth-order valence-corrected chi connectivity index (χ4v) is 3.07. The van der Waals surface area contributed by atoms with E-state index in [1.807, 2.05) is 19.1 Å². The Morgan fingerprint density at radius 2 is 1.59 bits per heavy atom. The molecule has 2 amide bonds. The lowest BCUT2D eigenvalue weighted by Crippen LogP contribution is -2.46. The molecule has 1 heterocycles. The molecule has 1 N–H and O–H groups in total. The quantitative estimate of drug-likeness (QED) is 0.835. The molecule has 3 rings (SSSR count). The third-order valence-electron chi connectivity index (χ3n) is 4.70. The Hall–Kier alpha value is -2.83. The number of benzene rings is 2. The summed E-state index contributed by atoms with van der Waals surface area (Å²) in [7, 11) is 0. The van der Waals surface area contributed by atoms with Gasteiger partial charge in [-0.3, -0.25) is 9.59 Å². The smallest absolute Gasteiger partial charge is 0.254 e. The van der Waals surface area contributed by atoms with E-state index in [0.717, 1.165) is 17.7 Å². The van der Waals surface area contributed by atoms with Crippen molar-refractivity contribution in [2.24, 2.45) is 0 Å². The van der Waals surface area contributed by atoms with E-state index < -0.39 is 28.9 Å². The van der Waals surface area contributed by atoms with Crippen LogP contribution in [-0.4, -0.2) is 35.8 Å². The SMILES string of the molecule is Cc1ccc(C(=O)N2CCC(NC(=O)c3ccc(F)c(F)c3F)CC2)cc1. The maximum Gasteiger partial charge on any atom is 0.254 e. The average molecular weight is 376 g/mol. The van der Waals surface area contributed by atoms with Crippen molar-refractivity contribution in [3.05, 3.63) is 70.5 Å². The summed E-state index contributed by atoms with van der Waals surface area (Å²) in [5.74, 6) is -5.38. The molecule has 0 atom stereocenters. The summed E-state index contributed by atoms with van der Waals surface area (Å²) < 4.78 is 40.0. The number of nitrogens with zero attached hydrogens (tertiary/aromatic N) is 1. The number of carbonyl (C=O) groups is 2. The number of halogens is 3. The topological polar surface area (TPSA) is 49.4 Å². The lowest BCUT2D eigenvalue weighted by atomic mass is 10.0. The van der Waals surface area contributed by atoms with E-state index in [0.29, 0.717) is 31.5 Å². The minimum atomic E-state index is -1.67. The van der Waals surface area contributed by atoms with Crippen LogP contribution < -0.4 is 5.32 Å². The zero-order valence-corrected chi connectivity index (χ0v) is 14.8. The van der Waals surface area contributed by atoms with E-state index >= 15 is 0 Å². The van der Waals surface area contributed by atoms with Crippen molar-refractivity contribution in [1.29, 1.82) is 0 Å². The summed E-state index contributed by atoms with van der Waals surface area (Å²) in [6.07, 6.45) is 0.989. The minimum absolute atomic E-state index is 0.0774. The average Bonchev–Trinajstić information content (AvgIpc) is 2.67. The number of nitrogens with one attached hydrogen (secondary N) is 1. The van der Waals surface area contributed by atoms with Crippen LogP contribution >= 0.6 is 0 Å². The Labute approximate surface area is 155 Å². The van der Waals surface area contributed by atoms with Crippen molar-refractivity contribution in [3.8, 4) is 0 Å². The number of piperidine rings is 1. The molecule has 1 saturated heterocycles. The normalized spacial score (nSPS) is 14.9. The van der Waals surface area contributed by atoms with Gasteiger partial charge in [0.25, 0.3) is 11.8 Å². The van der Waals surface area contributed by atoms with E-state index in [-0.39, 0.29) is 11.9 Å². The third kappa shape index (κ3) is 4.13. The molecule has 0 saturated carbocycles. The van der Waals surface area contributed by atoms with Crippen molar-refractivity contribution in [2.75, 3.05) is 13.1 Å². The van der Waals surface area contributed by atoms with Crippen LogP contribution in [0.15, 0.2) is 36.4 Å². The van der Waals surface area contributed by atoms with Gasteiger partial charge in [-0.1, -0.05) is 17.7 Å². The predicted octanol–water partition coefficient (Wildman–Crippen LogP) is 3.45. The molecule has 1 aliphatic rings. The number of carbonyl (C=O) groups excluding carboxylic acids is 2. The summed E-state index contributed by atoms with van der Waals surface area (Å²) in [5.41, 5.74) is 1.14. The Morgan fingerprint density at radius 3 is 2.22 bits per heavy atom. The van der Waals surface area contributed by atoms with Crippen molar-refractivity contribution < 1.29 is 22.8 Å². The van der Waals surface area contributed by atoms with E-state index in [1.54, 1.807) is 17.0 Å². The number of hydrogen-bond acceptors (Lipinski definition) is 2. The second-order valence-electron chi connectivity index (χ2n) is 6.63. The van der Waals surface area contributed by atoms with E-state index in [1.165, 1.54) is 0 Å². The summed E-state index contributed by atoms with van der Waals surface area (Å²) in [4.78, 5) is 26.3. The van der Waals surface area contributed by atoms with E-state index in [4.69, 9.17) is 0 Å². The predicted molar refractivity (Wildman–Crippen MR) is 93.9 cm³/mol. The molecule has 2 aromatic carbocycles. The van der Waals surface area contributed by atoms with Crippen LogP contribution in [0.4, 0.5) is 13.2 Å². The number of amides is 2. The summed E-state index contributed by atoms with van der Waals surface area (Å²) >= 11 is 0. The van der Waals surface area contributed by atoms with Gasteiger partial charge in [-0.15, -0.1) is 0 Å². The maximum atomic E-state index is 13.7. The Balaban J connectivity index is 1.58. The van der Waals surface area contributed by atoms with E-state index in [9.17, 15) is 22.8 Å². The second kappa shape index (κ2) is 7.82. The molecular weight excluding hydrogens is 357 g/mol. The van der Waals surface area contributed by atoms with Gasteiger partial charge in [-0.25, -0.2) is 13.2 Å². The van der Waals surface area contributed by atoms with Crippen LogP contribution in [0.5, 0.6) is 0 Å². The number of likely N-dealkylation sites (tertiary alicyclic amines) is 1. The number of hydrogen-bond donors (Lipinski definition) is 1. The van der Waals surface area contributed by atoms with Crippen LogP contribution in [0, 0.1) is 24.4 Å². The lowest BCUT2D eigenvalue weighted by molar-refractivity contribution is 0.0697. The van der Waals surface area contributed by atoms with Gasteiger partial charge in [0.05, 0.1) is 5.56 Å². The highest BCUT2D eigenvalue weighted by Crippen LogP contribution is 2.18. The first-order valence-electron chi connectivity index (χ1n) is 8.67. The highest BCUT2D eigenvalue weighted by atomic mass is 19.2. The van der Waals surface area contributed by atoms with Gasteiger partial charge in [0.1, 0.15) is 0 Å². The molecule has 0 aliphatic carbocycles. The van der Waals surface area contributed by atoms with Crippen molar-refractivity contribution in [3.63, 3.8) is 0 Å². The summed E-state index contributed by atoms with van der Waals surface area (Å²) in [6, 6.07) is 8.66. The number of aryl methyl sites for hydroxylation is 1. The van der Waals surface area contributed by atoms with Gasteiger partial charge in [0.15, 0.2) is 17.5 Å². The van der Waals surface area contributed by atoms with Crippen LogP contribution in [0.3, 0.4) is 0 Å². The molecule has 0 aromatic heterocycles. The second-order valence-corrected chi connectivity index (χ2v) is 6.63. The van der Waals surface area contributed by atoms with Gasteiger partial charge in [-0.2, -0.15) is 0 Å². The zero-order valence-electron chi connectivity index (χ0n) is 14.8. The minimum Gasteiger partial charge on any atom is -0.349 e. The maximum absolute atomic E-state index is 13.7. The van der Waals surface area contributed by atoms with Crippen molar-refractivity contribution in [1.82, 2.24) is 10.2 Å². The molecule has 0 unspecified atom stereocenters. The fourth-order valence-electron chi connectivity index (χ4n) is 3.07. The van der Waals surface area contributed by atoms with Gasteiger partial charge in [-0.05, 0) is 44.0 Å². The van der Waals surface area contributed by atoms with E-state index in [2.05, 4.69) is 5.32 Å². The third-order valence-corrected chi connectivity index (χ3v) is 4.70. The van der Waals surface area contributed by atoms with Crippen molar-refractivity contribution >= 4 is 11.8 Å². The van der Waals surface area contributed by atoms with Gasteiger partial charge in [0, 0.05) is 24.7 Å². The molecule has 142 valence electrons. The summed E-state index contributed by atoms with van der Waals surface area (Å²) in [6.45, 7) is 2.83. The Bertz CT molecular complexity index is 860. The number of rotatable bonds is 3. The fraction of sp³-hybridized carbons (Fsp3) is 0.300. The molecule has 4 nitrogen and oxygen atoms in total. The largest absolute Gasteiger partial charge is 0.349 e. The van der Waals surface area contributed by atoms with Crippen LogP contribution in [0.25, 0.3) is 0 Å². The monoisotopic (exact) mass is 376 g/mol. The first kappa shape index (κ1) is 18.9. The Morgan fingerprint density at radius 1 is 0.963 bits per heavy atom. The zero-order chi connectivity index (χ0) is 19.6. The molecule has 0 spiro atoms. The molecule has 0 radical (unpaired) electrons. The molecule has 0 bridgehead atoms. The van der Waals surface area contributed by atoms with Gasteiger partial charge >= 0.3 is 0 Å². The van der Waals surface area contributed by atoms with Gasteiger partial charge < -0.3 is 10.2 Å². The Kier molecular flexibility index (Phi) is 5.48. The first-order chi connectivity index (χ1) is 12.9. The molecule has 1 aliphatic heterocycles. The molecule has 2 aromatic rings. The first-order valence-corrected chi connectivity index (χ1v) is 8.67.